The Labute approximate surface area is 54.0 Å². The van der Waals surface area contributed by atoms with Crippen LogP contribution < -0.4 is 5.32 Å². The molecule has 0 fully saturated rings. The monoisotopic (exact) mass is 120 g/mol. The normalized spacial score (nSPS) is 29.3. The lowest BCUT2D eigenvalue weighted by Gasteiger charge is -2.09. The topological polar surface area (TPSA) is 24.4 Å². The smallest absolute Gasteiger partial charge is 0.0871 e. The highest BCUT2D eigenvalue weighted by molar-refractivity contribution is 5.60. The van der Waals surface area contributed by atoms with E-state index in [0.29, 0.717) is 6.04 Å². The van der Waals surface area contributed by atoms with Crippen molar-refractivity contribution < 1.29 is 0 Å². The number of rotatable bonds is 0. The maximum atomic E-state index is 4.22. The van der Waals surface area contributed by atoms with E-state index in [2.05, 4.69) is 22.5 Å². The van der Waals surface area contributed by atoms with Crippen LogP contribution in [0.3, 0.4) is 0 Å². The summed E-state index contributed by atoms with van der Waals surface area (Å²) in [7, 11) is 0. The molecule has 0 spiro atoms. The lowest BCUT2D eigenvalue weighted by Crippen LogP contribution is -2.15. The van der Waals surface area contributed by atoms with Crippen molar-refractivity contribution in [1.82, 2.24) is 5.32 Å². The van der Waals surface area contributed by atoms with Crippen LogP contribution in [0.15, 0.2) is 28.9 Å². The quantitative estimate of drug-likeness (QED) is 0.503. The Bertz CT molecular complexity index is 201. The number of hydrogen-bond donors (Lipinski definition) is 1. The molecule has 0 aromatic rings. The van der Waals surface area contributed by atoms with Crippen LogP contribution in [0.5, 0.6) is 0 Å². The van der Waals surface area contributed by atoms with E-state index < -0.39 is 0 Å². The van der Waals surface area contributed by atoms with E-state index >= 15 is 0 Å². The molecule has 46 valence electrons. The first-order valence-corrected chi connectivity index (χ1v) is 3.11. The summed E-state index contributed by atoms with van der Waals surface area (Å²) >= 11 is 0. The summed E-state index contributed by atoms with van der Waals surface area (Å²) in [6, 6.07) is 0.422. The van der Waals surface area contributed by atoms with Gasteiger partial charge in [0, 0.05) is 6.20 Å². The molecule has 1 aliphatic carbocycles. The zero-order valence-electron chi connectivity index (χ0n) is 5.04. The number of fused-ring (bicyclic) bond motifs is 1. The second-order valence-corrected chi connectivity index (χ2v) is 2.24. The van der Waals surface area contributed by atoms with Crippen LogP contribution in [0.1, 0.15) is 6.42 Å². The number of hydrogen-bond acceptors (Lipinski definition) is 2. The highest BCUT2D eigenvalue weighted by atomic mass is 15.0. The molecule has 0 radical (unpaired) electrons. The molecule has 0 saturated heterocycles. The molecule has 0 aromatic carbocycles. The maximum Gasteiger partial charge on any atom is 0.0871 e. The van der Waals surface area contributed by atoms with E-state index in [1.165, 1.54) is 5.57 Å². The molecule has 2 nitrogen and oxygen atoms in total. The second kappa shape index (κ2) is 1.72. The third-order valence-electron chi connectivity index (χ3n) is 1.63. The predicted molar refractivity (Wildman–Crippen MR) is 37.3 cm³/mol. The third-order valence-corrected chi connectivity index (χ3v) is 1.63. The molecule has 0 amide bonds. The van der Waals surface area contributed by atoms with Crippen LogP contribution in [0.2, 0.25) is 0 Å². The van der Waals surface area contributed by atoms with Gasteiger partial charge in [0.15, 0.2) is 0 Å². The molecule has 1 atom stereocenters. The fourth-order valence-corrected chi connectivity index (χ4v) is 1.14. The fourth-order valence-electron chi connectivity index (χ4n) is 1.14. The van der Waals surface area contributed by atoms with Gasteiger partial charge in [-0.25, -0.2) is 0 Å². The summed E-state index contributed by atoms with van der Waals surface area (Å²) in [6.07, 6.45) is 9.10. The maximum absolute atomic E-state index is 4.22. The van der Waals surface area contributed by atoms with Crippen LogP contribution in [0, 0.1) is 0 Å². The molecule has 2 heteroatoms. The molecular formula is C7H8N2. The summed E-state index contributed by atoms with van der Waals surface area (Å²) in [6.45, 7) is 0. The van der Waals surface area contributed by atoms with Crippen molar-refractivity contribution in [3.63, 3.8) is 0 Å². The fraction of sp³-hybridized carbons (Fsp3) is 0.286. The average molecular weight is 120 g/mol. The molecule has 1 unspecified atom stereocenters. The second-order valence-electron chi connectivity index (χ2n) is 2.24. The molecule has 0 saturated carbocycles. The van der Waals surface area contributed by atoms with Crippen molar-refractivity contribution in [2.24, 2.45) is 4.99 Å². The first-order chi connectivity index (χ1) is 4.47. The van der Waals surface area contributed by atoms with Gasteiger partial charge in [0.1, 0.15) is 0 Å². The van der Waals surface area contributed by atoms with E-state index in [-0.39, 0.29) is 0 Å². The Morgan fingerprint density at radius 2 is 2.67 bits per heavy atom. The number of nitrogens with one attached hydrogen (secondary N) is 1. The van der Waals surface area contributed by atoms with Crippen LogP contribution >= 0.6 is 0 Å². The lowest BCUT2D eigenvalue weighted by atomic mass is 10.1. The molecule has 0 bridgehead atoms. The Balaban J connectivity index is 2.29. The molecular weight excluding hydrogens is 112 g/mol. The third kappa shape index (κ3) is 0.669. The summed E-state index contributed by atoms with van der Waals surface area (Å²) in [4.78, 5) is 4.22. The molecule has 9 heavy (non-hydrogen) atoms. The predicted octanol–water partition coefficient (Wildman–Crippen LogP) is 0.830. The van der Waals surface area contributed by atoms with E-state index in [9.17, 15) is 0 Å². The van der Waals surface area contributed by atoms with Crippen molar-refractivity contribution in [3.05, 3.63) is 23.9 Å². The minimum atomic E-state index is 0.422. The van der Waals surface area contributed by atoms with Crippen LogP contribution in [-0.4, -0.2) is 12.4 Å². The number of aliphatic imine (C=N–C) groups is 1. The molecule has 1 N–H and O–H groups in total. The zero-order valence-corrected chi connectivity index (χ0v) is 5.04. The van der Waals surface area contributed by atoms with Crippen molar-refractivity contribution in [2.45, 2.75) is 12.5 Å². The molecule has 2 aliphatic rings. The van der Waals surface area contributed by atoms with Gasteiger partial charge in [0.05, 0.1) is 12.4 Å². The molecule has 1 heterocycles. The van der Waals surface area contributed by atoms with Crippen molar-refractivity contribution in [3.8, 4) is 0 Å². The first-order valence-electron chi connectivity index (χ1n) is 3.11. The largest absolute Gasteiger partial charge is 0.353 e. The van der Waals surface area contributed by atoms with Gasteiger partial charge < -0.3 is 5.32 Å². The van der Waals surface area contributed by atoms with Crippen molar-refractivity contribution >= 4 is 6.34 Å². The van der Waals surface area contributed by atoms with Gasteiger partial charge in [-0.2, -0.15) is 0 Å². The van der Waals surface area contributed by atoms with Gasteiger partial charge in [-0.3, -0.25) is 4.99 Å². The van der Waals surface area contributed by atoms with Gasteiger partial charge in [0.25, 0.3) is 0 Å². The molecule has 1 aliphatic heterocycles. The van der Waals surface area contributed by atoms with E-state index in [1.54, 1.807) is 6.34 Å². The van der Waals surface area contributed by atoms with Crippen molar-refractivity contribution in [1.29, 1.82) is 0 Å². The van der Waals surface area contributed by atoms with Gasteiger partial charge >= 0.3 is 0 Å². The Kier molecular flexibility index (Phi) is 0.918. The SMILES string of the molecule is C1=CC2=CNC=NC2C1. The Morgan fingerprint density at radius 1 is 1.67 bits per heavy atom. The summed E-state index contributed by atoms with van der Waals surface area (Å²) in [5, 5.41) is 2.95. The van der Waals surface area contributed by atoms with E-state index in [0.717, 1.165) is 6.42 Å². The Morgan fingerprint density at radius 3 is 3.56 bits per heavy atom. The average Bonchev–Trinajstić information content (AvgIpc) is 2.33. The Hall–Kier alpha value is -1.05. The lowest BCUT2D eigenvalue weighted by molar-refractivity contribution is 0.815. The minimum Gasteiger partial charge on any atom is -0.353 e. The van der Waals surface area contributed by atoms with Crippen LogP contribution in [0.4, 0.5) is 0 Å². The summed E-state index contributed by atoms with van der Waals surface area (Å²) < 4.78 is 0. The molecule has 2 rings (SSSR count). The van der Waals surface area contributed by atoms with Crippen LogP contribution in [-0.2, 0) is 0 Å². The molecule has 0 aromatic heterocycles. The summed E-state index contributed by atoms with van der Waals surface area (Å²) in [5.41, 5.74) is 1.30. The van der Waals surface area contributed by atoms with Gasteiger partial charge in [-0.15, -0.1) is 0 Å². The number of nitrogens with zero attached hydrogens (tertiary/aromatic N) is 1. The summed E-state index contributed by atoms with van der Waals surface area (Å²) in [5.74, 6) is 0. The highest BCUT2D eigenvalue weighted by Crippen LogP contribution is 2.20. The van der Waals surface area contributed by atoms with Crippen molar-refractivity contribution in [2.75, 3.05) is 0 Å². The van der Waals surface area contributed by atoms with Crippen LogP contribution in [0.25, 0.3) is 0 Å². The van der Waals surface area contributed by atoms with E-state index in [1.807, 2.05) is 6.20 Å². The highest BCUT2D eigenvalue weighted by Gasteiger charge is 2.15. The first kappa shape index (κ1) is 4.79. The van der Waals surface area contributed by atoms with Gasteiger partial charge in [-0.05, 0) is 12.0 Å². The van der Waals surface area contributed by atoms with Gasteiger partial charge in [0.2, 0.25) is 0 Å². The standard InChI is InChI=1S/C7H8N2/c1-2-6-4-8-5-9-7(6)3-1/h1-2,4-5,7H,3H2,(H,8,9). The van der Waals surface area contributed by atoms with E-state index in [4.69, 9.17) is 0 Å². The zero-order chi connectivity index (χ0) is 6.10. The van der Waals surface area contributed by atoms with Gasteiger partial charge in [-0.1, -0.05) is 12.2 Å². The minimum absolute atomic E-state index is 0.422.